The molecule has 1 atom stereocenters. The van der Waals surface area contributed by atoms with E-state index in [2.05, 4.69) is 49.0 Å². The molecule has 0 amide bonds. The molecule has 0 aliphatic carbocycles. The van der Waals surface area contributed by atoms with Crippen molar-refractivity contribution in [2.24, 2.45) is 5.73 Å². The van der Waals surface area contributed by atoms with Crippen LogP contribution in [-0.4, -0.2) is 11.5 Å². The van der Waals surface area contributed by atoms with Gasteiger partial charge in [-0.3, -0.25) is 0 Å². The average Bonchev–Trinajstić information content (AvgIpc) is 2.75. The Morgan fingerprint density at radius 3 is 2.76 bits per heavy atom. The van der Waals surface area contributed by atoms with Gasteiger partial charge in [-0.2, -0.15) is 0 Å². The van der Waals surface area contributed by atoms with E-state index in [1.807, 2.05) is 12.1 Å². The molecule has 2 heterocycles. The molecule has 2 nitrogen and oxygen atoms in total. The van der Waals surface area contributed by atoms with Crippen molar-refractivity contribution >= 4 is 55.0 Å². The van der Waals surface area contributed by atoms with E-state index < -0.39 is 0 Å². The summed E-state index contributed by atoms with van der Waals surface area (Å²) in [6.45, 7) is 0.598. The van der Waals surface area contributed by atoms with Crippen LogP contribution in [0.1, 0.15) is 10.1 Å². The Hall–Kier alpha value is 0.120. The van der Waals surface area contributed by atoms with Crippen LogP contribution in [-0.2, 0) is 0 Å². The van der Waals surface area contributed by atoms with Crippen LogP contribution in [0.5, 0.6) is 0 Å². The molecule has 0 radical (unpaired) electrons. The molecule has 0 bridgehead atoms. The fraction of sp³-hybridized carbons (Fsp3) is 0.182. The number of rotatable bonds is 4. The van der Waals surface area contributed by atoms with Crippen molar-refractivity contribution in [2.75, 3.05) is 6.54 Å². The highest BCUT2D eigenvalue weighted by molar-refractivity contribution is 9.11. The second-order valence-electron chi connectivity index (χ2n) is 3.27. The summed E-state index contributed by atoms with van der Waals surface area (Å²) in [6.07, 6.45) is 1.80. The van der Waals surface area contributed by atoms with Gasteiger partial charge in [-0.1, -0.05) is 11.8 Å². The summed E-state index contributed by atoms with van der Waals surface area (Å²) in [6, 6.07) is 8.06. The van der Waals surface area contributed by atoms with Crippen LogP contribution in [0.2, 0.25) is 0 Å². The minimum atomic E-state index is 0.248. The average molecular weight is 394 g/mol. The molecule has 0 aliphatic heterocycles. The van der Waals surface area contributed by atoms with E-state index in [-0.39, 0.29) is 5.25 Å². The third kappa shape index (κ3) is 3.54. The largest absolute Gasteiger partial charge is 0.329 e. The molecule has 2 rings (SSSR count). The van der Waals surface area contributed by atoms with Crippen LogP contribution >= 0.6 is 55.0 Å². The van der Waals surface area contributed by atoms with E-state index in [0.717, 1.165) is 13.3 Å². The first-order valence-electron chi connectivity index (χ1n) is 4.93. The van der Waals surface area contributed by atoms with Gasteiger partial charge < -0.3 is 5.73 Å². The first-order valence-corrected chi connectivity index (χ1v) is 8.21. The number of nitrogens with two attached hydrogens (primary N) is 1. The van der Waals surface area contributed by atoms with Crippen LogP contribution in [0.4, 0.5) is 0 Å². The Labute approximate surface area is 125 Å². The Morgan fingerprint density at radius 2 is 2.18 bits per heavy atom. The van der Waals surface area contributed by atoms with Gasteiger partial charge in [-0.05, 0) is 56.1 Å². The van der Waals surface area contributed by atoms with Crippen molar-refractivity contribution in [3.05, 3.63) is 43.6 Å². The molecule has 0 aliphatic rings. The number of halogens is 2. The Balaban J connectivity index is 2.18. The number of hydrogen-bond acceptors (Lipinski definition) is 4. The van der Waals surface area contributed by atoms with Crippen LogP contribution in [0.15, 0.2) is 43.7 Å². The van der Waals surface area contributed by atoms with Crippen molar-refractivity contribution in [3.63, 3.8) is 0 Å². The molecule has 0 saturated heterocycles. The summed E-state index contributed by atoms with van der Waals surface area (Å²) in [7, 11) is 0. The van der Waals surface area contributed by atoms with Crippen molar-refractivity contribution in [1.82, 2.24) is 4.98 Å². The zero-order valence-corrected chi connectivity index (χ0v) is 13.6. The van der Waals surface area contributed by atoms with E-state index >= 15 is 0 Å². The van der Waals surface area contributed by atoms with Gasteiger partial charge in [0.1, 0.15) is 5.03 Å². The number of aromatic nitrogens is 1. The lowest BCUT2D eigenvalue weighted by molar-refractivity contribution is 0.951. The molecule has 0 spiro atoms. The first kappa shape index (κ1) is 13.5. The number of hydrogen-bond donors (Lipinski definition) is 1. The van der Waals surface area contributed by atoms with E-state index in [1.54, 1.807) is 29.3 Å². The number of thioether (sulfide) groups is 1. The van der Waals surface area contributed by atoms with Crippen LogP contribution in [0, 0.1) is 0 Å². The number of thiophene rings is 1. The lowest BCUT2D eigenvalue weighted by atomic mass is 10.3. The standard InChI is InChI=1S/C11H10Br2N2S2/c12-7-2-1-5-15-11(7)17-9(6-14)8-3-4-10(13)16-8/h1-5,9H,6,14H2. The zero-order valence-electron chi connectivity index (χ0n) is 8.77. The summed E-state index contributed by atoms with van der Waals surface area (Å²) in [4.78, 5) is 5.62. The van der Waals surface area contributed by atoms with Gasteiger partial charge in [0.2, 0.25) is 0 Å². The molecule has 1 unspecified atom stereocenters. The summed E-state index contributed by atoms with van der Waals surface area (Å²) >= 11 is 10.4. The van der Waals surface area contributed by atoms with E-state index in [9.17, 15) is 0 Å². The summed E-state index contributed by atoms with van der Waals surface area (Å²) < 4.78 is 2.14. The van der Waals surface area contributed by atoms with Crippen LogP contribution < -0.4 is 5.73 Å². The molecule has 17 heavy (non-hydrogen) atoms. The molecule has 2 N–H and O–H groups in total. The minimum absolute atomic E-state index is 0.248. The first-order chi connectivity index (χ1) is 8.20. The molecule has 0 aromatic carbocycles. The van der Waals surface area contributed by atoms with E-state index in [1.165, 1.54) is 4.88 Å². The molecule has 90 valence electrons. The smallest absolute Gasteiger partial charge is 0.111 e. The lowest BCUT2D eigenvalue weighted by Gasteiger charge is -2.12. The molecule has 2 aromatic rings. The van der Waals surface area contributed by atoms with Gasteiger partial charge in [0.25, 0.3) is 0 Å². The monoisotopic (exact) mass is 392 g/mol. The van der Waals surface area contributed by atoms with Gasteiger partial charge in [0.05, 0.1) is 9.04 Å². The quantitative estimate of drug-likeness (QED) is 0.779. The molecule has 0 fully saturated rings. The Morgan fingerprint density at radius 1 is 1.35 bits per heavy atom. The maximum atomic E-state index is 5.84. The fourth-order valence-corrected chi connectivity index (χ4v) is 4.42. The molecule has 6 heteroatoms. The highest BCUT2D eigenvalue weighted by Gasteiger charge is 2.15. The van der Waals surface area contributed by atoms with E-state index in [0.29, 0.717) is 6.54 Å². The number of nitrogens with zero attached hydrogens (tertiary/aromatic N) is 1. The van der Waals surface area contributed by atoms with Crippen molar-refractivity contribution in [1.29, 1.82) is 0 Å². The van der Waals surface area contributed by atoms with Gasteiger partial charge >= 0.3 is 0 Å². The van der Waals surface area contributed by atoms with Crippen LogP contribution in [0.25, 0.3) is 0 Å². The Bertz CT molecular complexity index is 502. The SMILES string of the molecule is NCC(Sc1ncccc1Br)c1ccc(Br)s1. The second-order valence-corrected chi connectivity index (χ2v) is 7.81. The summed E-state index contributed by atoms with van der Waals surface area (Å²) in [5, 5.41) is 1.23. The third-order valence-electron chi connectivity index (χ3n) is 2.10. The van der Waals surface area contributed by atoms with Gasteiger partial charge in [0.15, 0.2) is 0 Å². The second kappa shape index (κ2) is 6.33. The van der Waals surface area contributed by atoms with Gasteiger partial charge in [-0.15, -0.1) is 11.3 Å². The van der Waals surface area contributed by atoms with Crippen molar-refractivity contribution < 1.29 is 0 Å². The fourth-order valence-electron chi connectivity index (χ4n) is 1.32. The van der Waals surface area contributed by atoms with E-state index in [4.69, 9.17) is 5.73 Å². The molecular weight excluding hydrogens is 384 g/mol. The van der Waals surface area contributed by atoms with Crippen molar-refractivity contribution in [2.45, 2.75) is 10.3 Å². The summed E-state index contributed by atoms with van der Waals surface area (Å²) in [5.41, 5.74) is 5.84. The zero-order chi connectivity index (χ0) is 12.3. The molecular formula is C11H10Br2N2S2. The predicted molar refractivity (Wildman–Crippen MR) is 81.6 cm³/mol. The van der Waals surface area contributed by atoms with Crippen LogP contribution in [0.3, 0.4) is 0 Å². The normalized spacial score (nSPS) is 12.6. The number of pyridine rings is 1. The molecule has 0 saturated carbocycles. The van der Waals surface area contributed by atoms with Crippen molar-refractivity contribution in [3.8, 4) is 0 Å². The third-order valence-corrected chi connectivity index (χ3v) is 6.17. The minimum Gasteiger partial charge on any atom is -0.329 e. The molecule has 2 aromatic heterocycles. The maximum Gasteiger partial charge on any atom is 0.111 e. The highest BCUT2D eigenvalue weighted by atomic mass is 79.9. The van der Waals surface area contributed by atoms with Gasteiger partial charge in [-0.25, -0.2) is 4.98 Å². The highest BCUT2D eigenvalue weighted by Crippen LogP contribution is 2.40. The summed E-state index contributed by atoms with van der Waals surface area (Å²) in [5.74, 6) is 0. The maximum absolute atomic E-state index is 5.84. The lowest BCUT2D eigenvalue weighted by Crippen LogP contribution is -2.08. The Kier molecular flexibility index (Phi) is 5.05. The predicted octanol–water partition coefficient (Wildman–Crippen LogP) is 4.46. The topological polar surface area (TPSA) is 38.9 Å². The van der Waals surface area contributed by atoms with Gasteiger partial charge in [0, 0.05) is 22.1 Å².